The van der Waals surface area contributed by atoms with E-state index >= 15 is 0 Å². The van der Waals surface area contributed by atoms with Crippen molar-refractivity contribution in [2.24, 2.45) is 5.73 Å². The molecule has 0 saturated carbocycles. The number of carbonyl (C=O) groups is 1. The molecule has 0 unspecified atom stereocenters. The van der Waals surface area contributed by atoms with Crippen LogP contribution in [0.1, 0.15) is 24.3 Å². The van der Waals surface area contributed by atoms with E-state index in [1.165, 1.54) is 6.20 Å². The first-order chi connectivity index (χ1) is 6.05. The predicted octanol–water partition coefficient (Wildman–Crippen LogP) is 0.427. The molecule has 80 valence electrons. The molecule has 1 aromatic heterocycles. The van der Waals surface area contributed by atoms with Crippen LogP contribution in [-0.4, -0.2) is 26.7 Å². The normalized spacial score (nSPS) is 10.5. The Hall–Kier alpha value is -0.720. The second kappa shape index (κ2) is 5.23. The van der Waals surface area contributed by atoms with E-state index in [9.17, 15) is 4.79 Å². The van der Waals surface area contributed by atoms with Gasteiger partial charge in [0.2, 0.25) is 0 Å². The van der Waals surface area contributed by atoms with Gasteiger partial charge in [-0.2, -0.15) is 8.75 Å². The van der Waals surface area contributed by atoms with Crippen LogP contribution < -0.4 is 11.1 Å². The molecule has 1 heterocycles. The minimum Gasteiger partial charge on any atom is -0.344 e. The Labute approximate surface area is 92.8 Å². The monoisotopic (exact) mass is 236 g/mol. The Morgan fingerprint density at radius 2 is 2.36 bits per heavy atom. The number of nitrogens with two attached hydrogens (primary N) is 1. The first-order valence-corrected chi connectivity index (χ1v) is 4.58. The Balaban J connectivity index is 0.00000169. The number of hydrogen-bond acceptors (Lipinski definition) is 5. The number of nitrogens with zero attached hydrogens (tertiary/aromatic N) is 2. The van der Waals surface area contributed by atoms with Crippen molar-refractivity contribution in [2.75, 3.05) is 6.54 Å². The Bertz CT molecular complexity index is 288. The standard InChI is InChI=1S/C7H12N4OS.ClH/c1-7(2,4-8)10-6(12)5-3-9-13-11-5;/h3H,4,8H2,1-2H3,(H,10,12);1H. The fourth-order valence-electron chi connectivity index (χ4n) is 0.687. The Morgan fingerprint density at radius 1 is 1.71 bits per heavy atom. The highest BCUT2D eigenvalue weighted by Gasteiger charge is 2.20. The highest BCUT2D eigenvalue weighted by molar-refractivity contribution is 6.99. The van der Waals surface area contributed by atoms with Gasteiger partial charge in [-0.1, -0.05) is 0 Å². The van der Waals surface area contributed by atoms with Crippen molar-refractivity contribution in [1.29, 1.82) is 0 Å². The number of halogens is 1. The SMILES string of the molecule is CC(C)(CN)NC(=O)c1cnsn1.Cl. The molecule has 1 aromatic rings. The van der Waals surface area contributed by atoms with Crippen LogP contribution >= 0.6 is 24.1 Å². The summed E-state index contributed by atoms with van der Waals surface area (Å²) in [6.07, 6.45) is 1.44. The van der Waals surface area contributed by atoms with E-state index in [2.05, 4.69) is 14.1 Å². The number of amides is 1. The third kappa shape index (κ3) is 3.57. The van der Waals surface area contributed by atoms with Crippen LogP contribution in [0.4, 0.5) is 0 Å². The summed E-state index contributed by atoms with van der Waals surface area (Å²) >= 11 is 1.01. The summed E-state index contributed by atoms with van der Waals surface area (Å²) in [6, 6.07) is 0. The third-order valence-electron chi connectivity index (χ3n) is 1.56. The molecule has 0 radical (unpaired) electrons. The van der Waals surface area contributed by atoms with Crippen molar-refractivity contribution < 1.29 is 4.79 Å². The van der Waals surface area contributed by atoms with Crippen LogP contribution in [0, 0.1) is 0 Å². The molecule has 0 spiro atoms. The van der Waals surface area contributed by atoms with Crippen molar-refractivity contribution >= 4 is 30.0 Å². The molecular weight excluding hydrogens is 224 g/mol. The van der Waals surface area contributed by atoms with Crippen LogP contribution in [0.5, 0.6) is 0 Å². The minimum atomic E-state index is -0.402. The lowest BCUT2D eigenvalue weighted by Crippen LogP contribution is -2.48. The first-order valence-electron chi connectivity index (χ1n) is 3.85. The van der Waals surface area contributed by atoms with E-state index in [1.54, 1.807) is 0 Å². The summed E-state index contributed by atoms with van der Waals surface area (Å²) in [4.78, 5) is 11.4. The molecule has 0 aliphatic rings. The van der Waals surface area contributed by atoms with E-state index in [1.807, 2.05) is 13.8 Å². The second-order valence-electron chi connectivity index (χ2n) is 3.33. The smallest absolute Gasteiger partial charge is 0.273 e. The van der Waals surface area contributed by atoms with Crippen LogP contribution in [0.2, 0.25) is 0 Å². The van der Waals surface area contributed by atoms with Gasteiger partial charge < -0.3 is 11.1 Å². The average Bonchev–Trinajstić information content (AvgIpc) is 2.55. The molecule has 14 heavy (non-hydrogen) atoms. The zero-order valence-corrected chi connectivity index (χ0v) is 9.61. The topological polar surface area (TPSA) is 80.9 Å². The fraction of sp³-hybridized carbons (Fsp3) is 0.571. The van der Waals surface area contributed by atoms with E-state index < -0.39 is 5.54 Å². The zero-order chi connectivity index (χ0) is 9.90. The van der Waals surface area contributed by atoms with Gasteiger partial charge in [-0.25, -0.2) is 0 Å². The largest absolute Gasteiger partial charge is 0.344 e. The van der Waals surface area contributed by atoms with Crippen molar-refractivity contribution in [3.8, 4) is 0 Å². The molecule has 0 aliphatic heterocycles. The lowest BCUT2D eigenvalue weighted by molar-refractivity contribution is 0.0911. The Morgan fingerprint density at radius 3 is 2.79 bits per heavy atom. The minimum absolute atomic E-state index is 0. The van der Waals surface area contributed by atoms with Crippen molar-refractivity contribution in [2.45, 2.75) is 19.4 Å². The van der Waals surface area contributed by atoms with Crippen LogP contribution in [0.15, 0.2) is 6.20 Å². The molecule has 0 atom stereocenters. The van der Waals surface area contributed by atoms with Gasteiger partial charge in [-0.3, -0.25) is 4.79 Å². The van der Waals surface area contributed by atoms with Gasteiger partial charge in [-0.15, -0.1) is 12.4 Å². The van der Waals surface area contributed by atoms with Crippen LogP contribution in [0.3, 0.4) is 0 Å². The number of rotatable bonds is 3. The molecule has 7 heteroatoms. The predicted molar refractivity (Wildman–Crippen MR) is 57.8 cm³/mol. The van der Waals surface area contributed by atoms with E-state index in [-0.39, 0.29) is 18.3 Å². The summed E-state index contributed by atoms with van der Waals surface area (Å²) < 4.78 is 7.55. The van der Waals surface area contributed by atoms with Gasteiger partial charge in [0.25, 0.3) is 5.91 Å². The molecule has 0 aromatic carbocycles. The molecule has 3 N–H and O–H groups in total. The molecule has 1 rings (SSSR count). The first kappa shape index (κ1) is 13.3. The fourth-order valence-corrected chi connectivity index (χ4v) is 1.10. The molecule has 0 bridgehead atoms. The van der Waals surface area contributed by atoms with Crippen molar-refractivity contribution in [3.05, 3.63) is 11.9 Å². The van der Waals surface area contributed by atoms with E-state index in [0.29, 0.717) is 12.2 Å². The van der Waals surface area contributed by atoms with Gasteiger partial charge in [-0.05, 0) is 13.8 Å². The lowest BCUT2D eigenvalue weighted by Gasteiger charge is -2.23. The summed E-state index contributed by atoms with van der Waals surface area (Å²) in [5.41, 5.74) is 5.40. The molecule has 0 fully saturated rings. The van der Waals surface area contributed by atoms with Gasteiger partial charge in [0, 0.05) is 12.1 Å². The maximum atomic E-state index is 11.4. The zero-order valence-electron chi connectivity index (χ0n) is 7.98. The quantitative estimate of drug-likeness (QED) is 0.798. The third-order valence-corrected chi connectivity index (χ3v) is 2.03. The average molecular weight is 237 g/mol. The van der Waals surface area contributed by atoms with Crippen molar-refractivity contribution in [3.63, 3.8) is 0 Å². The number of hydrogen-bond donors (Lipinski definition) is 2. The highest BCUT2D eigenvalue weighted by Crippen LogP contribution is 2.02. The highest BCUT2D eigenvalue weighted by atomic mass is 35.5. The molecule has 0 saturated heterocycles. The van der Waals surface area contributed by atoms with Crippen LogP contribution in [0.25, 0.3) is 0 Å². The number of aromatic nitrogens is 2. The van der Waals surface area contributed by atoms with Gasteiger partial charge in [0.05, 0.1) is 17.9 Å². The molecule has 1 amide bonds. The summed E-state index contributed by atoms with van der Waals surface area (Å²) in [6.45, 7) is 4.09. The second-order valence-corrected chi connectivity index (χ2v) is 3.89. The molecular formula is C7H13ClN4OS. The van der Waals surface area contributed by atoms with Crippen LogP contribution in [-0.2, 0) is 0 Å². The summed E-state index contributed by atoms with van der Waals surface area (Å²) in [7, 11) is 0. The Kier molecular flexibility index (Phi) is 4.96. The number of carbonyl (C=O) groups excluding carboxylic acids is 1. The summed E-state index contributed by atoms with van der Waals surface area (Å²) in [5.74, 6) is -0.232. The van der Waals surface area contributed by atoms with E-state index in [4.69, 9.17) is 5.73 Å². The summed E-state index contributed by atoms with van der Waals surface area (Å²) in [5, 5.41) is 2.75. The molecule has 0 aliphatic carbocycles. The van der Waals surface area contributed by atoms with Gasteiger partial charge >= 0.3 is 0 Å². The molecule has 5 nitrogen and oxygen atoms in total. The number of nitrogens with one attached hydrogen (secondary N) is 1. The van der Waals surface area contributed by atoms with Gasteiger partial charge in [0.1, 0.15) is 0 Å². The van der Waals surface area contributed by atoms with E-state index in [0.717, 1.165) is 11.7 Å². The lowest BCUT2D eigenvalue weighted by atomic mass is 10.1. The maximum absolute atomic E-state index is 11.4. The van der Waals surface area contributed by atoms with Crippen molar-refractivity contribution in [1.82, 2.24) is 14.1 Å². The maximum Gasteiger partial charge on any atom is 0.273 e. The van der Waals surface area contributed by atoms with Gasteiger partial charge in [0.15, 0.2) is 5.69 Å².